The Kier molecular flexibility index (Phi) is 3.73. The molecule has 2 aromatic carbocycles. The lowest BCUT2D eigenvalue weighted by atomic mass is 10.2. The number of para-hydroxylation sites is 2. The molecule has 0 bridgehead atoms. The first-order chi connectivity index (χ1) is 10.1. The summed E-state index contributed by atoms with van der Waals surface area (Å²) in [5.41, 5.74) is 0.518. The summed E-state index contributed by atoms with van der Waals surface area (Å²) in [6, 6.07) is 11.0. The Morgan fingerprint density at radius 1 is 1.05 bits per heavy atom. The zero-order valence-corrected chi connectivity index (χ0v) is 12.6. The van der Waals surface area contributed by atoms with E-state index < -0.39 is 11.6 Å². The van der Waals surface area contributed by atoms with Crippen molar-refractivity contribution < 1.29 is 8.78 Å². The van der Waals surface area contributed by atoms with Crippen LogP contribution in [0.5, 0.6) is 0 Å². The van der Waals surface area contributed by atoms with Crippen LogP contribution in [0.1, 0.15) is 0 Å². The van der Waals surface area contributed by atoms with E-state index in [0.29, 0.717) is 20.7 Å². The molecule has 0 saturated heterocycles. The predicted octanol–water partition coefficient (Wildman–Crippen LogP) is 4.76. The monoisotopic (exact) mass is 320 g/mol. The minimum atomic E-state index is -0.668. The van der Waals surface area contributed by atoms with Crippen molar-refractivity contribution in [2.45, 2.75) is 5.16 Å². The molecular formula is C15H10F2N2S2. The van der Waals surface area contributed by atoms with E-state index in [1.807, 2.05) is 18.2 Å². The van der Waals surface area contributed by atoms with E-state index in [4.69, 9.17) is 12.2 Å². The summed E-state index contributed by atoms with van der Waals surface area (Å²) in [6.45, 7) is 0. The van der Waals surface area contributed by atoms with Gasteiger partial charge in [-0.2, -0.15) is 0 Å². The molecule has 0 N–H and O–H groups in total. The van der Waals surface area contributed by atoms with Crippen LogP contribution in [0.3, 0.4) is 0 Å². The molecule has 0 fully saturated rings. The zero-order chi connectivity index (χ0) is 15.0. The van der Waals surface area contributed by atoms with Gasteiger partial charge < -0.3 is 0 Å². The number of thioether (sulfide) groups is 1. The molecule has 0 atom stereocenters. The van der Waals surface area contributed by atoms with Gasteiger partial charge in [-0.25, -0.2) is 13.8 Å². The minimum absolute atomic E-state index is 0.190. The van der Waals surface area contributed by atoms with E-state index in [1.54, 1.807) is 12.3 Å². The van der Waals surface area contributed by atoms with Gasteiger partial charge in [-0.15, -0.1) is 0 Å². The zero-order valence-electron chi connectivity index (χ0n) is 11.0. The van der Waals surface area contributed by atoms with E-state index in [-0.39, 0.29) is 5.69 Å². The van der Waals surface area contributed by atoms with Crippen molar-refractivity contribution in [1.82, 2.24) is 9.55 Å². The Morgan fingerprint density at radius 2 is 1.71 bits per heavy atom. The predicted molar refractivity (Wildman–Crippen MR) is 83.6 cm³/mol. The molecule has 0 spiro atoms. The van der Waals surface area contributed by atoms with Crippen molar-refractivity contribution in [3.05, 3.63) is 58.7 Å². The van der Waals surface area contributed by atoms with Crippen LogP contribution >= 0.6 is 24.0 Å². The van der Waals surface area contributed by atoms with E-state index in [9.17, 15) is 8.78 Å². The molecule has 0 aliphatic rings. The molecule has 106 valence electrons. The smallest absolute Gasteiger partial charge is 0.174 e. The second-order valence-corrected chi connectivity index (χ2v) is 5.49. The number of fused-ring (bicyclic) bond motifs is 1. The number of hydrogen-bond donors (Lipinski definition) is 0. The lowest BCUT2D eigenvalue weighted by Gasteiger charge is -2.14. The van der Waals surface area contributed by atoms with Gasteiger partial charge in [0.05, 0.1) is 5.52 Å². The van der Waals surface area contributed by atoms with Gasteiger partial charge in [-0.05, 0) is 30.5 Å². The van der Waals surface area contributed by atoms with Gasteiger partial charge in [0.15, 0.2) is 5.16 Å². The van der Waals surface area contributed by atoms with Crippen LogP contribution in [0, 0.1) is 16.3 Å². The quantitative estimate of drug-likeness (QED) is 0.385. The summed E-state index contributed by atoms with van der Waals surface area (Å²) in [7, 11) is 0. The van der Waals surface area contributed by atoms with E-state index in [1.165, 1.54) is 34.5 Å². The van der Waals surface area contributed by atoms with Crippen molar-refractivity contribution in [2.75, 3.05) is 6.26 Å². The molecule has 1 aromatic heterocycles. The first kappa shape index (κ1) is 14.2. The molecule has 1 heterocycles. The summed E-state index contributed by atoms with van der Waals surface area (Å²) in [4.78, 5) is 4.44. The highest BCUT2D eigenvalue weighted by Crippen LogP contribution is 2.27. The van der Waals surface area contributed by atoms with Crippen LogP contribution in [-0.4, -0.2) is 15.8 Å². The third kappa shape index (κ3) is 2.34. The number of nitrogens with zero attached hydrogens (tertiary/aromatic N) is 2. The van der Waals surface area contributed by atoms with Gasteiger partial charge in [-0.3, -0.25) is 4.57 Å². The van der Waals surface area contributed by atoms with Crippen molar-refractivity contribution in [3.8, 4) is 5.69 Å². The molecule has 3 aromatic rings. The molecule has 3 rings (SSSR count). The summed E-state index contributed by atoms with van der Waals surface area (Å²) < 4.78 is 29.9. The van der Waals surface area contributed by atoms with Crippen LogP contribution in [0.4, 0.5) is 8.78 Å². The summed E-state index contributed by atoms with van der Waals surface area (Å²) in [5, 5.41) is 1.13. The Morgan fingerprint density at radius 3 is 2.38 bits per heavy atom. The summed E-state index contributed by atoms with van der Waals surface area (Å²) >= 11 is 6.71. The van der Waals surface area contributed by atoms with E-state index >= 15 is 0 Å². The molecule has 0 saturated carbocycles. The number of rotatable bonds is 2. The maximum Gasteiger partial charge on any atom is 0.174 e. The van der Waals surface area contributed by atoms with Crippen LogP contribution in [0.15, 0.2) is 47.6 Å². The highest BCUT2D eigenvalue weighted by molar-refractivity contribution is 7.98. The molecule has 0 aliphatic heterocycles. The Balaban J connectivity index is 2.47. The number of aromatic nitrogens is 2. The highest BCUT2D eigenvalue weighted by Gasteiger charge is 2.16. The van der Waals surface area contributed by atoms with Crippen LogP contribution in [-0.2, 0) is 0 Å². The van der Waals surface area contributed by atoms with Gasteiger partial charge in [0.25, 0.3) is 0 Å². The fraction of sp³-hybridized carbons (Fsp3) is 0.0667. The van der Waals surface area contributed by atoms with Gasteiger partial charge in [0.1, 0.15) is 22.0 Å². The van der Waals surface area contributed by atoms with Crippen molar-refractivity contribution in [3.63, 3.8) is 0 Å². The summed E-state index contributed by atoms with van der Waals surface area (Å²) in [5.74, 6) is -1.34. The topological polar surface area (TPSA) is 17.8 Å². The molecule has 21 heavy (non-hydrogen) atoms. The van der Waals surface area contributed by atoms with Crippen molar-refractivity contribution >= 4 is 34.9 Å². The summed E-state index contributed by atoms with van der Waals surface area (Å²) in [6.07, 6.45) is 1.79. The SMILES string of the molecule is CSc1nc2ccccc2c(=S)n1-c1c(F)cccc1F. The lowest BCUT2D eigenvalue weighted by molar-refractivity contribution is 0.559. The second kappa shape index (κ2) is 5.54. The average molecular weight is 320 g/mol. The maximum absolute atomic E-state index is 14.1. The number of halogens is 2. The first-order valence-electron chi connectivity index (χ1n) is 6.13. The van der Waals surface area contributed by atoms with Gasteiger partial charge in [0.2, 0.25) is 0 Å². The van der Waals surface area contributed by atoms with E-state index in [2.05, 4.69) is 4.98 Å². The Bertz CT molecular complexity index is 870. The minimum Gasteiger partial charge on any atom is -0.273 e. The van der Waals surface area contributed by atoms with Crippen LogP contribution in [0.25, 0.3) is 16.6 Å². The molecule has 0 aliphatic carbocycles. The largest absolute Gasteiger partial charge is 0.273 e. The van der Waals surface area contributed by atoms with Gasteiger partial charge in [0, 0.05) is 5.39 Å². The molecule has 0 amide bonds. The van der Waals surface area contributed by atoms with Gasteiger partial charge >= 0.3 is 0 Å². The Labute approximate surface area is 129 Å². The van der Waals surface area contributed by atoms with E-state index in [0.717, 1.165) is 0 Å². The molecule has 2 nitrogen and oxygen atoms in total. The second-order valence-electron chi connectivity index (χ2n) is 4.33. The average Bonchev–Trinajstić information content (AvgIpc) is 2.49. The van der Waals surface area contributed by atoms with Gasteiger partial charge in [-0.1, -0.05) is 42.2 Å². The third-order valence-electron chi connectivity index (χ3n) is 3.09. The Hall–Kier alpha value is -1.79. The number of benzene rings is 2. The van der Waals surface area contributed by atoms with Crippen LogP contribution in [0.2, 0.25) is 0 Å². The fourth-order valence-corrected chi connectivity index (χ4v) is 3.11. The number of hydrogen-bond acceptors (Lipinski definition) is 3. The third-order valence-corrected chi connectivity index (χ3v) is 4.13. The standard InChI is InChI=1S/C15H10F2N2S2/c1-21-15-18-12-8-3-2-5-9(12)14(20)19(15)13-10(16)6-4-7-11(13)17/h2-8H,1H3. The van der Waals surface area contributed by atoms with Crippen LogP contribution < -0.4 is 0 Å². The molecule has 0 radical (unpaired) electrons. The fourth-order valence-electron chi connectivity index (χ4n) is 2.15. The lowest BCUT2D eigenvalue weighted by Crippen LogP contribution is -2.08. The molecule has 6 heteroatoms. The molecular weight excluding hydrogens is 310 g/mol. The normalized spacial score (nSPS) is 11.0. The maximum atomic E-state index is 14.1. The molecule has 0 unspecified atom stereocenters. The first-order valence-corrected chi connectivity index (χ1v) is 7.77. The van der Waals surface area contributed by atoms with Crippen molar-refractivity contribution in [2.24, 2.45) is 0 Å². The van der Waals surface area contributed by atoms with Crippen molar-refractivity contribution in [1.29, 1.82) is 0 Å². The highest BCUT2D eigenvalue weighted by atomic mass is 32.2.